The quantitative estimate of drug-likeness (QED) is 0.707. The molecule has 1 aliphatic rings. The van der Waals surface area contributed by atoms with E-state index in [0.29, 0.717) is 5.58 Å². The molecule has 1 saturated heterocycles. The Bertz CT molecular complexity index is 1020. The van der Waals surface area contributed by atoms with Gasteiger partial charge >= 0.3 is 5.76 Å². The van der Waals surface area contributed by atoms with E-state index in [0.717, 1.165) is 60.6 Å². The van der Waals surface area contributed by atoms with Crippen molar-refractivity contribution in [2.24, 2.45) is 0 Å². The lowest BCUT2D eigenvalue weighted by Gasteiger charge is -2.33. The Balaban J connectivity index is 1.59. The number of hydrogen-bond acceptors (Lipinski definition) is 5. The highest BCUT2D eigenvalue weighted by molar-refractivity contribution is 5.72. The van der Waals surface area contributed by atoms with Crippen LogP contribution in [0.4, 0.5) is 0 Å². The molecule has 0 amide bonds. The van der Waals surface area contributed by atoms with Gasteiger partial charge in [-0.1, -0.05) is 12.1 Å². The normalized spacial score (nSPS) is 18.1. The molecule has 1 fully saturated rings. The Labute approximate surface area is 158 Å². The van der Waals surface area contributed by atoms with Crippen LogP contribution in [0.3, 0.4) is 0 Å². The number of likely N-dealkylation sites (tertiary alicyclic amines) is 1. The van der Waals surface area contributed by atoms with Gasteiger partial charge in [0, 0.05) is 30.4 Å². The maximum absolute atomic E-state index is 12.4. The lowest BCUT2D eigenvalue weighted by molar-refractivity contribution is 0.165. The second-order valence-electron chi connectivity index (χ2n) is 7.28. The van der Waals surface area contributed by atoms with Crippen LogP contribution in [-0.2, 0) is 6.54 Å². The second-order valence-corrected chi connectivity index (χ2v) is 7.28. The highest BCUT2D eigenvalue weighted by Crippen LogP contribution is 2.28. The van der Waals surface area contributed by atoms with E-state index in [1.807, 2.05) is 42.0 Å². The van der Waals surface area contributed by atoms with Crippen molar-refractivity contribution in [1.82, 2.24) is 14.5 Å². The number of hydrogen-bond donors (Lipinski definition) is 0. The van der Waals surface area contributed by atoms with Gasteiger partial charge in [0.15, 0.2) is 5.58 Å². The van der Waals surface area contributed by atoms with E-state index in [2.05, 4.69) is 16.8 Å². The molecular weight excluding hydrogens is 342 g/mol. The van der Waals surface area contributed by atoms with Gasteiger partial charge in [-0.3, -0.25) is 14.5 Å². The van der Waals surface area contributed by atoms with E-state index in [9.17, 15) is 4.79 Å². The average molecular weight is 367 g/mol. The van der Waals surface area contributed by atoms with Crippen molar-refractivity contribution in [3.8, 4) is 5.75 Å². The lowest BCUT2D eigenvalue weighted by Crippen LogP contribution is -2.38. The van der Waals surface area contributed by atoms with Crippen LogP contribution >= 0.6 is 0 Å². The minimum absolute atomic E-state index is 0.113. The topological polar surface area (TPSA) is 60.5 Å². The fourth-order valence-electron chi connectivity index (χ4n) is 4.16. The summed E-state index contributed by atoms with van der Waals surface area (Å²) in [5.41, 5.74) is 4.70. The standard InChI is InChI=1S/C21H25N3O3/c1-14-11-22-17(15(2)20(14)26-3)13-23-10-6-7-16(12-23)24-18-8-4-5-9-19(18)27-21(24)25/h4-5,8-9,11,16H,6-7,10,12-13H2,1-3H3/t16-/m0/s1. The number of ether oxygens (including phenoxy) is 1. The number of aromatic nitrogens is 2. The van der Waals surface area contributed by atoms with E-state index in [4.69, 9.17) is 9.15 Å². The van der Waals surface area contributed by atoms with Gasteiger partial charge in [-0.05, 0) is 45.4 Å². The molecule has 1 aromatic carbocycles. The lowest BCUT2D eigenvalue weighted by atomic mass is 10.0. The van der Waals surface area contributed by atoms with Gasteiger partial charge in [-0.25, -0.2) is 4.79 Å². The van der Waals surface area contributed by atoms with Crippen LogP contribution in [0.2, 0.25) is 0 Å². The number of piperidine rings is 1. The number of methoxy groups -OCH3 is 1. The van der Waals surface area contributed by atoms with Crippen LogP contribution in [0.15, 0.2) is 39.7 Å². The van der Waals surface area contributed by atoms with Gasteiger partial charge < -0.3 is 9.15 Å². The van der Waals surface area contributed by atoms with Crippen LogP contribution < -0.4 is 10.5 Å². The summed E-state index contributed by atoms with van der Waals surface area (Å²) in [7, 11) is 1.70. The van der Waals surface area contributed by atoms with Crippen molar-refractivity contribution in [2.75, 3.05) is 20.2 Å². The van der Waals surface area contributed by atoms with Crippen LogP contribution in [-0.4, -0.2) is 34.7 Å². The molecule has 27 heavy (non-hydrogen) atoms. The van der Waals surface area contributed by atoms with Crippen molar-refractivity contribution in [1.29, 1.82) is 0 Å². The third-order valence-electron chi connectivity index (χ3n) is 5.49. The summed E-state index contributed by atoms with van der Waals surface area (Å²) in [4.78, 5) is 19.4. The largest absolute Gasteiger partial charge is 0.496 e. The minimum atomic E-state index is -0.269. The Hall–Kier alpha value is -2.60. The summed E-state index contributed by atoms with van der Waals surface area (Å²) in [5.74, 6) is 0.639. The Morgan fingerprint density at radius 2 is 2.11 bits per heavy atom. The summed E-state index contributed by atoms with van der Waals surface area (Å²) in [6.45, 7) is 6.63. The smallest absolute Gasteiger partial charge is 0.420 e. The van der Waals surface area contributed by atoms with Crippen molar-refractivity contribution in [2.45, 2.75) is 39.3 Å². The van der Waals surface area contributed by atoms with Gasteiger partial charge in [-0.15, -0.1) is 0 Å². The van der Waals surface area contributed by atoms with Crippen molar-refractivity contribution >= 4 is 11.1 Å². The molecule has 0 unspecified atom stereocenters. The van der Waals surface area contributed by atoms with E-state index in [1.165, 1.54) is 0 Å². The molecule has 142 valence electrons. The summed E-state index contributed by atoms with van der Waals surface area (Å²) in [6, 6.07) is 7.75. The van der Waals surface area contributed by atoms with E-state index < -0.39 is 0 Å². The average Bonchev–Trinajstić information content (AvgIpc) is 3.00. The van der Waals surface area contributed by atoms with E-state index >= 15 is 0 Å². The molecular formula is C21H25N3O3. The predicted octanol–water partition coefficient (Wildman–Crippen LogP) is 3.45. The summed E-state index contributed by atoms with van der Waals surface area (Å²) >= 11 is 0. The molecule has 6 nitrogen and oxygen atoms in total. The van der Waals surface area contributed by atoms with Gasteiger partial charge in [0.25, 0.3) is 0 Å². The first-order chi connectivity index (χ1) is 13.1. The molecule has 6 heteroatoms. The van der Waals surface area contributed by atoms with Crippen LogP contribution in [0.25, 0.3) is 11.1 Å². The Morgan fingerprint density at radius 3 is 2.93 bits per heavy atom. The van der Waals surface area contributed by atoms with E-state index in [-0.39, 0.29) is 11.8 Å². The van der Waals surface area contributed by atoms with Gasteiger partial charge in [0.1, 0.15) is 5.75 Å². The van der Waals surface area contributed by atoms with Crippen molar-refractivity contribution in [3.63, 3.8) is 0 Å². The second kappa shape index (κ2) is 7.19. The van der Waals surface area contributed by atoms with Crippen LogP contribution in [0.1, 0.15) is 35.7 Å². The molecule has 2 aromatic heterocycles. The molecule has 3 aromatic rings. The zero-order valence-electron chi connectivity index (χ0n) is 16.1. The zero-order chi connectivity index (χ0) is 19.0. The summed E-state index contributed by atoms with van der Waals surface area (Å²) in [5, 5.41) is 0. The molecule has 0 aliphatic carbocycles. The van der Waals surface area contributed by atoms with Gasteiger partial charge in [0.05, 0.1) is 24.4 Å². The maximum atomic E-state index is 12.4. The number of rotatable bonds is 4. The number of aryl methyl sites for hydroxylation is 1. The summed E-state index contributed by atoms with van der Waals surface area (Å²) < 4.78 is 12.8. The maximum Gasteiger partial charge on any atom is 0.420 e. The highest BCUT2D eigenvalue weighted by atomic mass is 16.5. The van der Waals surface area contributed by atoms with Gasteiger partial charge in [-0.2, -0.15) is 0 Å². The van der Waals surface area contributed by atoms with E-state index in [1.54, 1.807) is 7.11 Å². The summed E-state index contributed by atoms with van der Waals surface area (Å²) in [6.07, 6.45) is 3.89. The number of oxazole rings is 1. The third kappa shape index (κ3) is 3.25. The molecule has 0 radical (unpaired) electrons. The number of fused-ring (bicyclic) bond motifs is 1. The van der Waals surface area contributed by atoms with Crippen molar-refractivity contribution in [3.05, 3.63) is 57.8 Å². The molecule has 0 bridgehead atoms. The first-order valence-electron chi connectivity index (χ1n) is 9.40. The number of benzene rings is 1. The van der Waals surface area contributed by atoms with Crippen LogP contribution in [0.5, 0.6) is 5.75 Å². The Morgan fingerprint density at radius 1 is 1.30 bits per heavy atom. The number of para-hydroxylation sites is 2. The van der Waals surface area contributed by atoms with Crippen molar-refractivity contribution < 1.29 is 9.15 Å². The van der Waals surface area contributed by atoms with Crippen LogP contribution in [0, 0.1) is 13.8 Å². The number of pyridine rings is 1. The number of nitrogens with zero attached hydrogens (tertiary/aromatic N) is 3. The Kier molecular flexibility index (Phi) is 4.74. The highest BCUT2D eigenvalue weighted by Gasteiger charge is 2.26. The predicted molar refractivity (Wildman–Crippen MR) is 104 cm³/mol. The molecule has 0 saturated carbocycles. The molecule has 0 spiro atoms. The molecule has 3 heterocycles. The fourth-order valence-corrected chi connectivity index (χ4v) is 4.16. The molecule has 1 atom stereocenters. The molecule has 4 rings (SSSR count). The first-order valence-corrected chi connectivity index (χ1v) is 9.40. The molecule has 1 aliphatic heterocycles. The minimum Gasteiger partial charge on any atom is -0.496 e. The van der Waals surface area contributed by atoms with Gasteiger partial charge in [0.2, 0.25) is 0 Å². The monoisotopic (exact) mass is 367 g/mol. The molecule has 0 N–H and O–H groups in total. The third-order valence-corrected chi connectivity index (χ3v) is 5.49. The fraction of sp³-hybridized carbons (Fsp3) is 0.429. The SMILES string of the molecule is COc1c(C)cnc(CN2CCC[C@H](n3c(=O)oc4ccccc43)C2)c1C. The zero-order valence-corrected chi connectivity index (χ0v) is 16.1. The first kappa shape index (κ1) is 17.8.